The summed E-state index contributed by atoms with van der Waals surface area (Å²) in [5, 5.41) is 22.9. The molecule has 0 aromatic heterocycles. The van der Waals surface area contributed by atoms with Crippen molar-refractivity contribution in [2.45, 2.75) is 12.8 Å². The van der Waals surface area contributed by atoms with Gasteiger partial charge in [-0.3, -0.25) is 20.2 Å². The van der Waals surface area contributed by atoms with Gasteiger partial charge in [-0.05, 0) is 58.4 Å². The predicted molar refractivity (Wildman–Crippen MR) is 123 cm³/mol. The van der Waals surface area contributed by atoms with E-state index in [1.54, 1.807) is 36.4 Å². The van der Waals surface area contributed by atoms with E-state index in [0.717, 1.165) is 46.2 Å². The maximum atomic E-state index is 11.4. The van der Waals surface area contributed by atoms with Gasteiger partial charge in [-0.2, -0.15) is 0 Å². The lowest BCUT2D eigenvalue weighted by molar-refractivity contribution is -0.384. The molecule has 32 heavy (non-hydrogen) atoms. The third-order valence-electron chi connectivity index (χ3n) is 5.99. The van der Waals surface area contributed by atoms with Crippen LogP contribution in [0.2, 0.25) is 0 Å². The van der Waals surface area contributed by atoms with Crippen LogP contribution < -0.4 is 0 Å². The van der Waals surface area contributed by atoms with Crippen LogP contribution >= 0.6 is 0 Å². The van der Waals surface area contributed by atoms with Crippen molar-refractivity contribution < 1.29 is 9.85 Å². The number of nitro groups is 2. The molecule has 4 aromatic carbocycles. The molecule has 0 saturated carbocycles. The van der Waals surface area contributed by atoms with Crippen LogP contribution in [0.1, 0.15) is 11.1 Å². The molecule has 6 nitrogen and oxygen atoms in total. The van der Waals surface area contributed by atoms with Crippen LogP contribution in [0.25, 0.3) is 33.4 Å². The molecule has 0 spiro atoms. The van der Waals surface area contributed by atoms with E-state index in [4.69, 9.17) is 0 Å². The zero-order valence-corrected chi connectivity index (χ0v) is 17.0. The summed E-state index contributed by atoms with van der Waals surface area (Å²) in [5.41, 5.74) is 7.56. The Balaban J connectivity index is 1.56. The van der Waals surface area contributed by atoms with Gasteiger partial charge in [0.25, 0.3) is 11.4 Å². The molecule has 0 saturated heterocycles. The van der Waals surface area contributed by atoms with Crippen LogP contribution in [-0.2, 0) is 12.8 Å². The Bertz CT molecular complexity index is 1290. The predicted octanol–water partition coefficient (Wildman–Crippen LogP) is 6.60. The van der Waals surface area contributed by atoms with Gasteiger partial charge in [0, 0.05) is 12.1 Å². The minimum absolute atomic E-state index is 0.0951. The average molecular weight is 422 g/mol. The number of hydrogen-bond donors (Lipinski definition) is 0. The van der Waals surface area contributed by atoms with Gasteiger partial charge in [0.1, 0.15) is 0 Å². The lowest BCUT2D eigenvalue weighted by Crippen LogP contribution is -2.05. The average Bonchev–Trinajstić information content (AvgIpc) is 2.83. The van der Waals surface area contributed by atoms with Crippen molar-refractivity contribution >= 4 is 11.4 Å². The lowest BCUT2D eigenvalue weighted by Gasteiger charge is -2.21. The minimum Gasteiger partial charge on any atom is -0.258 e. The van der Waals surface area contributed by atoms with E-state index in [0.29, 0.717) is 11.1 Å². The van der Waals surface area contributed by atoms with Crippen molar-refractivity contribution in [2.75, 3.05) is 0 Å². The van der Waals surface area contributed by atoms with Crippen LogP contribution in [0, 0.1) is 20.2 Å². The fraction of sp³-hybridized carbons (Fsp3) is 0.0769. The molecule has 0 fully saturated rings. The molecule has 4 aromatic rings. The first-order chi connectivity index (χ1) is 15.5. The molecule has 0 radical (unpaired) electrons. The molecular weight excluding hydrogens is 404 g/mol. The molecule has 5 rings (SSSR count). The van der Waals surface area contributed by atoms with E-state index in [1.165, 1.54) is 12.1 Å². The van der Waals surface area contributed by atoms with Crippen molar-refractivity contribution in [3.05, 3.63) is 116 Å². The fourth-order valence-corrected chi connectivity index (χ4v) is 4.48. The molecule has 1 aliphatic rings. The van der Waals surface area contributed by atoms with Gasteiger partial charge in [0.2, 0.25) is 0 Å². The Morgan fingerprint density at radius 1 is 0.531 bits per heavy atom. The molecule has 0 heterocycles. The SMILES string of the molecule is O=[N+]([O-])c1ccccc1-c1ccc2c(c1)CCc1cc(-c3ccccc3[N+](=O)[O-])ccc1-2. The van der Waals surface area contributed by atoms with Crippen LogP contribution in [-0.4, -0.2) is 9.85 Å². The lowest BCUT2D eigenvalue weighted by atomic mass is 9.82. The highest BCUT2D eigenvalue weighted by Gasteiger charge is 2.21. The Morgan fingerprint density at radius 2 is 0.938 bits per heavy atom. The summed E-state index contributed by atoms with van der Waals surface area (Å²) in [4.78, 5) is 22.1. The third-order valence-corrected chi connectivity index (χ3v) is 5.99. The van der Waals surface area contributed by atoms with Crippen molar-refractivity contribution in [2.24, 2.45) is 0 Å². The first-order valence-electron chi connectivity index (χ1n) is 10.3. The largest absolute Gasteiger partial charge is 0.277 e. The number of benzene rings is 4. The second-order valence-electron chi connectivity index (χ2n) is 7.79. The summed E-state index contributed by atoms with van der Waals surface area (Å²) in [7, 11) is 0. The summed E-state index contributed by atoms with van der Waals surface area (Å²) in [5.74, 6) is 0. The molecule has 0 aliphatic heterocycles. The highest BCUT2D eigenvalue weighted by molar-refractivity contribution is 5.83. The number of aryl methyl sites for hydroxylation is 2. The summed E-state index contributed by atoms with van der Waals surface area (Å²) in [6.07, 6.45) is 1.61. The van der Waals surface area contributed by atoms with Crippen LogP contribution in [0.15, 0.2) is 84.9 Å². The first-order valence-corrected chi connectivity index (χ1v) is 10.3. The maximum absolute atomic E-state index is 11.4. The minimum atomic E-state index is -0.353. The van der Waals surface area contributed by atoms with Crippen LogP contribution in [0.3, 0.4) is 0 Å². The Kier molecular flexibility index (Phi) is 4.75. The highest BCUT2D eigenvalue weighted by atomic mass is 16.6. The number of nitro benzene ring substituents is 2. The summed E-state index contributed by atoms with van der Waals surface area (Å²) >= 11 is 0. The van der Waals surface area contributed by atoms with E-state index in [-0.39, 0.29) is 21.2 Å². The topological polar surface area (TPSA) is 86.3 Å². The zero-order chi connectivity index (χ0) is 22.2. The van der Waals surface area contributed by atoms with Crippen molar-refractivity contribution in [3.8, 4) is 33.4 Å². The summed E-state index contributed by atoms with van der Waals surface area (Å²) in [6.45, 7) is 0. The molecule has 0 bridgehead atoms. The highest BCUT2D eigenvalue weighted by Crippen LogP contribution is 2.40. The molecule has 0 amide bonds. The molecule has 156 valence electrons. The molecule has 0 N–H and O–H groups in total. The van der Waals surface area contributed by atoms with Gasteiger partial charge in [-0.15, -0.1) is 0 Å². The summed E-state index contributed by atoms with van der Waals surface area (Å²) in [6, 6.07) is 25.5. The van der Waals surface area contributed by atoms with Gasteiger partial charge in [0.05, 0.1) is 21.0 Å². The molecule has 0 atom stereocenters. The van der Waals surface area contributed by atoms with Crippen molar-refractivity contribution in [1.29, 1.82) is 0 Å². The van der Waals surface area contributed by atoms with E-state index in [2.05, 4.69) is 0 Å². The Hall–Kier alpha value is -4.32. The van der Waals surface area contributed by atoms with Gasteiger partial charge < -0.3 is 0 Å². The first kappa shape index (κ1) is 19.6. The van der Waals surface area contributed by atoms with E-state index in [9.17, 15) is 20.2 Å². The van der Waals surface area contributed by atoms with Gasteiger partial charge >= 0.3 is 0 Å². The number of fused-ring (bicyclic) bond motifs is 3. The van der Waals surface area contributed by atoms with Gasteiger partial charge in [-0.1, -0.05) is 60.7 Å². The number of para-hydroxylation sites is 2. The van der Waals surface area contributed by atoms with Crippen molar-refractivity contribution in [1.82, 2.24) is 0 Å². The second kappa shape index (κ2) is 7.74. The van der Waals surface area contributed by atoms with Crippen LogP contribution in [0.4, 0.5) is 11.4 Å². The van der Waals surface area contributed by atoms with Gasteiger partial charge in [-0.25, -0.2) is 0 Å². The Morgan fingerprint density at radius 3 is 1.34 bits per heavy atom. The third kappa shape index (κ3) is 3.32. The fourth-order valence-electron chi connectivity index (χ4n) is 4.48. The Labute approximate surface area is 184 Å². The van der Waals surface area contributed by atoms with Crippen molar-refractivity contribution in [3.63, 3.8) is 0 Å². The van der Waals surface area contributed by atoms with Crippen LogP contribution in [0.5, 0.6) is 0 Å². The molecular formula is C26H18N2O4. The van der Waals surface area contributed by atoms with E-state index in [1.807, 2.05) is 36.4 Å². The monoisotopic (exact) mass is 422 g/mol. The number of hydrogen-bond acceptors (Lipinski definition) is 4. The standard InChI is InChI=1S/C26H18N2O4/c29-27(30)25-7-3-1-5-23(25)19-11-13-21-17(15-19)9-10-18-16-20(12-14-22(18)21)24-6-2-4-8-26(24)28(31)32/h1-8,11-16H,9-10H2. The van der Waals surface area contributed by atoms with E-state index >= 15 is 0 Å². The van der Waals surface area contributed by atoms with E-state index < -0.39 is 0 Å². The zero-order valence-electron chi connectivity index (χ0n) is 17.0. The molecule has 1 aliphatic carbocycles. The number of rotatable bonds is 4. The van der Waals surface area contributed by atoms with Gasteiger partial charge in [0.15, 0.2) is 0 Å². The smallest absolute Gasteiger partial charge is 0.258 e. The quantitative estimate of drug-likeness (QED) is 0.274. The summed E-state index contributed by atoms with van der Waals surface area (Å²) < 4.78 is 0. The number of nitrogens with zero attached hydrogens (tertiary/aromatic N) is 2. The second-order valence-corrected chi connectivity index (χ2v) is 7.79. The molecule has 6 heteroatoms. The molecule has 0 unspecified atom stereocenters. The maximum Gasteiger partial charge on any atom is 0.277 e. The normalized spacial score (nSPS) is 12.0.